The molecule has 0 aliphatic heterocycles. The Balaban J connectivity index is 2.41. The molecule has 0 spiro atoms. The Morgan fingerprint density at radius 3 is 3.00 bits per heavy atom. The Bertz CT molecular complexity index is 386. The van der Waals surface area contributed by atoms with Crippen molar-refractivity contribution in [2.75, 3.05) is 7.11 Å². The van der Waals surface area contributed by atoms with Gasteiger partial charge in [0, 0.05) is 6.20 Å². The third-order valence-corrected chi connectivity index (χ3v) is 2.48. The van der Waals surface area contributed by atoms with Crippen LogP contribution in [-0.2, 0) is 0 Å². The highest BCUT2D eigenvalue weighted by Crippen LogP contribution is 2.22. The van der Waals surface area contributed by atoms with Gasteiger partial charge in [-0.2, -0.15) is 4.98 Å². The van der Waals surface area contributed by atoms with Crippen LogP contribution in [0.1, 0.15) is 0 Å². The van der Waals surface area contributed by atoms with Crippen molar-refractivity contribution in [1.29, 1.82) is 0 Å². The van der Waals surface area contributed by atoms with E-state index in [1.165, 1.54) is 0 Å². The van der Waals surface area contributed by atoms with E-state index in [0.717, 1.165) is 10.6 Å². The molecule has 0 fully saturated rings. The summed E-state index contributed by atoms with van der Waals surface area (Å²) >= 11 is 1.65. The fourth-order valence-corrected chi connectivity index (χ4v) is 1.70. The summed E-state index contributed by atoms with van der Waals surface area (Å²) in [4.78, 5) is 9.28. The first kappa shape index (κ1) is 8.19. The maximum Gasteiger partial charge on any atom is 0.316 e. The van der Waals surface area contributed by atoms with E-state index in [4.69, 9.17) is 4.74 Å². The quantitative estimate of drug-likeness (QED) is 0.731. The molecule has 0 saturated heterocycles. The summed E-state index contributed by atoms with van der Waals surface area (Å²) in [5, 5.41) is 2.02. The summed E-state index contributed by atoms with van der Waals surface area (Å²) in [6.07, 6.45) is 1.70. The van der Waals surface area contributed by atoms with Gasteiger partial charge in [-0.05, 0) is 17.5 Å². The Morgan fingerprint density at radius 1 is 1.38 bits per heavy atom. The summed E-state index contributed by atoms with van der Waals surface area (Å²) < 4.78 is 4.94. The van der Waals surface area contributed by atoms with Crippen molar-refractivity contribution < 1.29 is 4.74 Å². The molecule has 0 atom stereocenters. The zero-order chi connectivity index (χ0) is 9.10. The van der Waals surface area contributed by atoms with Crippen molar-refractivity contribution in [3.05, 3.63) is 29.8 Å². The smallest absolute Gasteiger partial charge is 0.316 e. The van der Waals surface area contributed by atoms with Gasteiger partial charge < -0.3 is 4.74 Å². The van der Waals surface area contributed by atoms with E-state index in [0.29, 0.717) is 6.01 Å². The molecular weight excluding hydrogens is 184 g/mol. The van der Waals surface area contributed by atoms with Gasteiger partial charge in [-0.1, -0.05) is 6.07 Å². The summed E-state index contributed by atoms with van der Waals surface area (Å²) in [6.45, 7) is 0. The number of methoxy groups -OCH3 is 1. The van der Waals surface area contributed by atoms with Crippen molar-refractivity contribution in [1.82, 2.24) is 9.97 Å². The van der Waals surface area contributed by atoms with Crippen LogP contribution in [0.2, 0.25) is 0 Å². The molecule has 2 rings (SSSR count). The minimum absolute atomic E-state index is 0.408. The fraction of sp³-hybridized carbons (Fsp3) is 0.111. The van der Waals surface area contributed by atoms with Crippen molar-refractivity contribution in [3.8, 4) is 16.6 Å². The van der Waals surface area contributed by atoms with Crippen molar-refractivity contribution >= 4 is 11.3 Å². The standard InChI is InChI=1S/C9H8N2OS/c1-12-9-10-5-4-7(11-9)8-3-2-6-13-8/h2-6H,1H3. The van der Waals surface area contributed by atoms with E-state index in [9.17, 15) is 0 Å². The average Bonchev–Trinajstić information content (AvgIpc) is 2.71. The van der Waals surface area contributed by atoms with Gasteiger partial charge in [-0.15, -0.1) is 11.3 Å². The molecule has 66 valence electrons. The molecular formula is C9H8N2OS. The lowest BCUT2D eigenvalue weighted by Crippen LogP contribution is -1.91. The van der Waals surface area contributed by atoms with Gasteiger partial charge in [0.15, 0.2) is 0 Å². The van der Waals surface area contributed by atoms with Crippen LogP contribution in [0.3, 0.4) is 0 Å². The van der Waals surface area contributed by atoms with Crippen LogP contribution in [-0.4, -0.2) is 17.1 Å². The molecule has 13 heavy (non-hydrogen) atoms. The Hall–Kier alpha value is -1.42. The SMILES string of the molecule is COc1nccc(-c2cccs2)n1. The zero-order valence-corrected chi connectivity index (χ0v) is 7.91. The molecule has 0 unspecified atom stereocenters. The van der Waals surface area contributed by atoms with Crippen LogP contribution in [0.25, 0.3) is 10.6 Å². The van der Waals surface area contributed by atoms with Gasteiger partial charge in [-0.25, -0.2) is 4.98 Å². The van der Waals surface area contributed by atoms with Gasteiger partial charge in [0.25, 0.3) is 0 Å². The monoisotopic (exact) mass is 192 g/mol. The second-order valence-electron chi connectivity index (χ2n) is 2.41. The topological polar surface area (TPSA) is 35.0 Å². The van der Waals surface area contributed by atoms with E-state index >= 15 is 0 Å². The predicted octanol–water partition coefficient (Wildman–Crippen LogP) is 2.21. The lowest BCUT2D eigenvalue weighted by Gasteiger charge is -1.98. The van der Waals surface area contributed by atoms with E-state index in [2.05, 4.69) is 9.97 Å². The molecule has 0 aliphatic carbocycles. The molecule has 2 aromatic rings. The van der Waals surface area contributed by atoms with E-state index in [1.807, 2.05) is 23.6 Å². The highest BCUT2D eigenvalue weighted by molar-refractivity contribution is 7.13. The van der Waals surface area contributed by atoms with Crippen molar-refractivity contribution in [2.45, 2.75) is 0 Å². The number of aromatic nitrogens is 2. The fourth-order valence-electron chi connectivity index (χ4n) is 1.00. The highest BCUT2D eigenvalue weighted by Gasteiger charge is 2.01. The maximum atomic E-state index is 4.94. The summed E-state index contributed by atoms with van der Waals surface area (Å²) in [7, 11) is 1.56. The molecule has 0 bridgehead atoms. The molecule has 2 heterocycles. The van der Waals surface area contributed by atoms with Crippen LogP contribution in [0.5, 0.6) is 6.01 Å². The van der Waals surface area contributed by atoms with Crippen molar-refractivity contribution in [2.24, 2.45) is 0 Å². The molecule has 3 nitrogen and oxygen atoms in total. The third-order valence-electron chi connectivity index (χ3n) is 1.59. The minimum atomic E-state index is 0.408. The van der Waals surface area contributed by atoms with Crippen LogP contribution in [0.4, 0.5) is 0 Å². The lowest BCUT2D eigenvalue weighted by molar-refractivity contribution is 0.380. The first-order chi connectivity index (χ1) is 6.40. The summed E-state index contributed by atoms with van der Waals surface area (Å²) in [5.74, 6) is 0. The van der Waals surface area contributed by atoms with Crippen LogP contribution < -0.4 is 4.74 Å². The van der Waals surface area contributed by atoms with Gasteiger partial charge in [0.05, 0.1) is 17.7 Å². The highest BCUT2D eigenvalue weighted by atomic mass is 32.1. The first-order valence-corrected chi connectivity index (χ1v) is 4.69. The number of nitrogens with zero attached hydrogens (tertiary/aromatic N) is 2. The molecule has 4 heteroatoms. The maximum absolute atomic E-state index is 4.94. The van der Waals surface area contributed by atoms with Gasteiger partial charge in [0.2, 0.25) is 0 Å². The Kier molecular flexibility index (Phi) is 2.23. The largest absolute Gasteiger partial charge is 0.467 e. The number of hydrogen-bond acceptors (Lipinski definition) is 4. The van der Waals surface area contributed by atoms with Crippen molar-refractivity contribution in [3.63, 3.8) is 0 Å². The molecule has 0 radical (unpaired) electrons. The zero-order valence-electron chi connectivity index (χ0n) is 7.10. The predicted molar refractivity (Wildman–Crippen MR) is 51.9 cm³/mol. The molecule has 0 saturated carbocycles. The van der Waals surface area contributed by atoms with Gasteiger partial charge in [-0.3, -0.25) is 0 Å². The average molecular weight is 192 g/mol. The lowest BCUT2D eigenvalue weighted by atomic mass is 10.3. The van der Waals surface area contributed by atoms with Gasteiger partial charge in [0.1, 0.15) is 0 Å². The number of ether oxygens (including phenoxy) is 1. The second kappa shape index (κ2) is 3.53. The normalized spacial score (nSPS) is 9.92. The number of thiophene rings is 1. The first-order valence-electron chi connectivity index (χ1n) is 3.81. The molecule has 0 aliphatic rings. The third kappa shape index (κ3) is 1.67. The van der Waals surface area contributed by atoms with E-state index < -0.39 is 0 Å². The van der Waals surface area contributed by atoms with E-state index in [-0.39, 0.29) is 0 Å². The number of rotatable bonds is 2. The minimum Gasteiger partial charge on any atom is -0.467 e. The van der Waals surface area contributed by atoms with Crippen LogP contribution in [0.15, 0.2) is 29.8 Å². The van der Waals surface area contributed by atoms with Crippen LogP contribution in [0, 0.1) is 0 Å². The second-order valence-corrected chi connectivity index (χ2v) is 3.35. The van der Waals surface area contributed by atoms with Crippen LogP contribution >= 0.6 is 11.3 Å². The summed E-state index contributed by atoms with van der Waals surface area (Å²) in [6, 6.07) is 6.29. The Morgan fingerprint density at radius 2 is 2.31 bits per heavy atom. The Labute approximate surface area is 80.0 Å². The molecule has 2 aromatic heterocycles. The van der Waals surface area contributed by atoms with Gasteiger partial charge >= 0.3 is 6.01 Å². The molecule has 0 amide bonds. The van der Waals surface area contributed by atoms with E-state index in [1.54, 1.807) is 24.6 Å². The molecule has 0 aromatic carbocycles. The number of hydrogen-bond donors (Lipinski definition) is 0. The molecule has 0 N–H and O–H groups in total. The summed E-state index contributed by atoms with van der Waals surface area (Å²) in [5.41, 5.74) is 0.904.